The smallest absolute Gasteiger partial charge is 0.408 e. The summed E-state index contributed by atoms with van der Waals surface area (Å²) in [6.45, 7) is 8.36. The van der Waals surface area contributed by atoms with Crippen LogP contribution in [0.2, 0.25) is 0 Å². The van der Waals surface area contributed by atoms with E-state index in [2.05, 4.69) is 15.4 Å². The van der Waals surface area contributed by atoms with Crippen LogP contribution in [0.5, 0.6) is 5.75 Å². The number of fused-ring (bicyclic) bond motifs is 5. The molecule has 0 bridgehead atoms. The summed E-state index contributed by atoms with van der Waals surface area (Å²) in [5.74, 6) is -2.31. The van der Waals surface area contributed by atoms with Crippen molar-refractivity contribution < 1.29 is 41.5 Å². The van der Waals surface area contributed by atoms with Crippen LogP contribution in [0.25, 0.3) is 10.9 Å². The highest BCUT2D eigenvalue weighted by atomic mass is 32.2. The first kappa shape index (κ1) is 39.6. The molecule has 2 aliphatic carbocycles. The number of nitrogens with one attached hydrogen (secondary N) is 4. The summed E-state index contributed by atoms with van der Waals surface area (Å²) in [4.78, 5) is 62.2. The van der Waals surface area contributed by atoms with Crippen LogP contribution in [-0.4, -0.2) is 88.4 Å². The zero-order chi connectivity index (χ0) is 40.4. The molecule has 56 heavy (non-hydrogen) atoms. The van der Waals surface area contributed by atoms with Crippen molar-refractivity contribution in [3.63, 3.8) is 0 Å². The predicted octanol–water partition coefficient (Wildman–Crippen LogP) is 4.91. The summed E-state index contributed by atoms with van der Waals surface area (Å²) in [5.41, 5.74) is -1.16. The minimum Gasteiger partial charge on any atom is -0.483 e. The number of sulfonamides is 1. The molecule has 5 aliphatic rings. The molecule has 5 unspecified atom stereocenters. The van der Waals surface area contributed by atoms with Crippen LogP contribution in [0.3, 0.4) is 0 Å². The first-order chi connectivity index (χ1) is 26.4. The van der Waals surface area contributed by atoms with Gasteiger partial charge in [-0.15, -0.1) is 0 Å². The van der Waals surface area contributed by atoms with E-state index in [4.69, 9.17) is 19.9 Å². The van der Waals surface area contributed by atoms with Crippen LogP contribution in [0.15, 0.2) is 29.8 Å². The monoisotopic (exact) mass is 794 g/mol. The van der Waals surface area contributed by atoms with Gasteiger partial charge < -0.3 is 30.4 Å². The molecule has 14 nitrogen and oxygen atoms in total. The summed E-state index contributed by atoms with van der Waals surface area (Å²) in [5, 5.41) is 14.8. The predicted molar refractivity (Wildman–Crippen MR) is 205 cm³/mol. The Morgan fingerprint density at radius 3 is 2.59 bits per heavy atom. The maximum absolute atomic E-state index is 16.8. The molecule has 1 spiro atoms. The minimum absolute atomic E-state index is 0.183. The fourth-order valence-corrected chi connectivity index (χ4v) is 9.66. The van der Waals surface area contributed by atoms with Gasteiger partial charge in [-0.2, -0.15) is 0 Å². The Labute approximate surface area is 326 Å². The lowest BCUT2D eigenvalue weighted by atomic mass is 9.85. The Morgan fingerprint density at radius 2 is 1.89 bits per heavy atom. The van der Waals surface area contributed by atoms with Crippen molar-refractivity contribution in [3.8, 4) is 5.75 Å². The Bertz CT molecular complexity index is 2150. The largest absolute Gasteiger partial charge is 0.483 e. The lowest BCUT2D eigenvalue weighted by Crippen LogP contribution is -2.59. The number of pyridine rings is 1. The number of hydrogen-bond donors (Lipinski definition) is 4. The Hall–Kier alpha value is -4.60. The van der Waals surface area contributed by atoms with Crippen LogP contribution in [-0.2, 0) is 35.6 Å². The molecule has 1 saturated heterocycles. The Kier molecular flexibility index (Phi) is 10.2. The molecular formula is C40H51FN6O8S. The van der Waals surface area contributed by atoms with Crippen molar-refractivity contribution in [1.29, 1.82) is 5.41 Å². The van der Waals surface area contributed by atoms with Gasteiger partial charge in [0.2, 0.25) is 21.8 Å². The summed E-state index contributed by atoms with van der Waals surface area (Å²) in [7, 11) is -4.15. The summed E-state index contributed by atoms with van der Waals surface area (Å²) < 4.78 is 56.3. The van der Waals surface area contributed by atoms with E-state index in [0.29, 0.717) is 60.7 Å². The third kappa shape index (κ3) is 7.02. The number of alkyl halides is 1. The van der Waals surface area contributed by atoms with Gasteiger partial charge in [0, 0.05) is 29.4 Å². The number of aromatic nitrogens is 1. The molecule has 0 radical (unpaired) electrons. The van der Waals surface area contributed by atoms with E-state index in [9.17, 15) is 27.6 Å². The molecule has 16 heteroatoms. The van der Waals surface area contributed by atoms with Crippen molar-refractivity contribution in [2.75, 3.05) is 6.54 Å². The SMILES string of the molecule is CCc1ccc2nc(C)c3c(c2c1)C(F)CC1(CC2C(=O)NC4(C(=O)NS(=O)(=O)C5(C)CC5)C(=N)C4=CCCCCCCC(NC(=O)OC(C)C)C(=O)N2C1)O3. The van der Waals surface area contributed by atoms with Crippen molar-refractivity contribution in [3.05, 3.63) is 46.7 Å². The standard InChI is InChI=1S/C40H51FN6O8S/c1-6-24-14-15-28-25(18-24)31-27(41)19-39(55-32(31)23(4)43-28)20-30-34(48)45-40(36(50)46-56(52,53)38(5)16-17-38)26(33(40)42)12-10-8-7-9-11-13-29(35(49)47(30)21-39)44-37(51)54-22(2)3/h12,14-15,18,22,27,29-30,42H,6-11,13,16-17,19-21H2,1-5H3,(H,44,51)(H,45,48)(H,46,50). The normalized spacial score (nSPS) is 28.8. The number of carbonyl (C=O) groups is 4. The molecule has 7 rings (SSSR count). The molecule has 302 valence electrons. The molecule has 4 N–H and O–H groups in total. The van der Waals surface area contributed by atoms with E-state index in [0.717, 1.165) is 18.4 Å². The van der Waals surface area contributed by atoms with Crippen molar-refractivity contribution in [2.45, 2.75) is 145 Å². The Morgan fingerprint density at radius 1 is 1.16 bits per heavy atom. The van der Waals surface area contributed by atoms with Crippen LogP contribution in [0, 0.1) is 12.3 Å². The second kappa shape index (κ2) is 14.4. The van der Waals surface area contributed by atoms with Crippen LogP contribution >= 0.6 is 0 Å². The molecule has 3 fully saturated rings. The number of amides is 4. The molecule has 4 heterocycles. The summed E-state index contributed by atoms with van der Waals surface area (Å²) >= 11 is 0. The summed E-state index contributed by atoms with van der Waals surface area (Å²) in [6.07, 6.45) is 3.24. The average molecular weight is 795 g/mol. The van der Waals surface area contributed by atoms with Crippen molar-refractivity contribution in [2.24, 2.45) is 0 Å². The number of aryl methyl sites for hydroxylation is 2. The van der Waals surface area contributed by atoms with E-state index in [1.54, 1.807) is 26.8 Å². The number of alkyl carbamates (subject to hydrolysis) is 1. The number of halogens is 1. The molecular weight excluding hydrogens is 744 g/mol. The highest BCUT2D eigenvalue weighted by Crippen LogP contribution is 2.51. The molecule has 2 saturated carbocycles. The lowest BCUT2D eigenvalue weighted by molar-refractivity contribution is -0.141. The van der Waals surface area contributed by atoms with Gasteiger partial charge in [-0.05, 0) is 83.9 Å². The zero-order valence-electron chi connectivity index (χ0n) is 32.6. The van der Waals surface area contributed by atoms with E-state index in [1.165, 1.54) is 11.8 Å². The maximum atomic E-state index is 16.8. The van der Waals surface area contributed by atoms with Gasteiger partial charge in [0.1, 0.15) is 29.6 Å². The quantitative estimate of drug-likeness (QED) is 0.314. The van der Waals surface area contributed by atoms with E-state index >= 15 is 4.39 Å². The third-order valence-electron chi connectivity index (χ3n) is 12.0. The minimum atomic E-state index is -4.15. The number of benzene rings is 1. The highest BCUT2D eigenvalue weighted by molar-refractivity contribution is 7.91. The van der Waals surface area contributed by atoms with Gasteiger partial charge >= 0.3 is 6.09 Å². The number of carbonyl (C=O) groups excluding carboxylic acids is 4. The number of allylic oxidation sites excluding steroid dienone is 1. The second-order valence-corrected chi connectivity index (χ2v) is 18.7. The van der Waals surface area contributed by atoms with Crippen molar-refractivity contribution in [1.82, 2.24) is 25.2 Å². The van der Waals surface area contributed by atoms with Crippen LogP contribution in [0.1, 0.15) is 115 Å². The number of hydrogen-bond acceptors (Lipinski definition) is 10. The highest BCUT2D eigenvalue weighted by Gasteiger charge is 2.66. The van der Waals surface area contributed by atoms with E-state index < -0.39 is 74.1 Å². The first-order valence-corrected chi connectivity index (χ1v) is 21.2. The van der Waals surface area contributed by atoms with Gasteiger partial charge in [-0.25, -0.2) is 27.3 Å². The lowest BCUT2D eigenvalue weighted by Gasteiger charge is -2.38. The number of ether oxygens (including phenoxy) is 2. The molecule has 4 amide bonds. The fraction of sp³-hybridized carbons (Fsp3) is 0.600. The Balaban J connectivity index is 1.28. The van der Waals surface area contributed by atoms with E-state index in [1.807, 2.05) is 25.1 Å². The van der Waals surface area contributed by atoms with Crippen molar-refractivity contribution >= 4 is 50.5 Å². The van der Waals surface area contributed by atoms with E-state index in [-0.39, 0.29) is 42.8 Å². The molecule has 1 aromatic heterocycles. The van der Waals surface area contributed by atoms with Crippen LogP contribution in [0.4, 0.5) is 9.18 Å². The molecule has 1 aromatic carbocycles. The fourth-order valence-electron chi connectivity index (χ4n) is 8.38. The molecule has 3 aliphatic heterocycles. The molecule has 5 atom stereocenters. The molecule has 2 aromatic rings. The van der Waals surface area contributed by atoms with Crippen LogP contribution < -0.4 is 20.1 Å². The second-order valence-electron chi connectivity index (χ2n) is 16.5. The average Bonchev–Trinajstić information content (AvgIpc) is 3.97. The van der Waals surface area contributed by atoms with Gasteiger partial charge in [0.05, 0.1) is 34.3 Å². The van der Waals surface area contributed by atoms with Gasteiger partial charge in [0.15, 0.2) is 5.54 Å². The topological polar surface area (TPSA) is 197 Å². The number of nitrogens with zero attached hydrogens (tertiary/aromatic N) is 2. The maximum Gasteiger partial charge on any atom is 0.408 e. The van der Waals surface area contributed by atoms with Gasteiger partial charge in [-0.3, -0.25) is 14.4 Å². The third-order valence-corrected chi connectivity index (χ3v) is 14.1. The number of rotatable bonds is 6. The summed E-state index contributed by atoms with van der Waals surface area (Å²) in [6, 6.07) is 3.24. The first-order valence-electron chi connectivity index (χ1n) is 19.7. The van der Waals surface area contributed by atoms with Gasteiger partial charge in [-0.1, -0.05) is 38.3 Å². The zero-order valence-corrected chi connectivity index (χ0v) is 33.4. The van der Waals surface area contributed by atoms with Gasteiger partial charge in [0.25, 0.3) is 5.91 Å².